The molecule has 1 aromatic carbocycles. The van der Waals surface area contributed by atoms with Crippen LogP contribution in [0.5, 0.6) is 0 Å². The van der Waals surface area contributed by atoms with Crippen LogP contribution in [0, 0.1) is 5.82 Å². The Labute approximate surface area is 114 Å². The second-order valence-corrected chi connectivity index (χ2v) is 6.95. The molecule has 1 rings (SSSR count). The van der Waals surface area contributed by atoms with Gasteiger partial charge in [0.1, 0.15) is 5.82 Å². The van der Waals surface area contributed by atoms with E-state index in [2.05, 4.69) is 21.2 Å². The Morgan fingerprint density at radius 3 is 2.67 bits per heavy atom. The molecule has 0 saturated heterocycles. The van der Waals surface area contributed by atoms with Gasteiger partial charge in [-0.05, 0) is 34.1 Å². The summed E-state index contributed by atoms with van der Waals surface area (Å²) < 4.78 is 35.6. The van der Waals surface area contributed by atoms with E-state index in [1.54, 1.807) is 6.92 Å². The topological polar surface area (TPSA) is 63.2 Å². The van der Waals surface area contributed by atoms with Crippen LogP contribution in [0.2, 0.25) is 0 Å². The quantitative estimate of drug-likeness (QED) is 0.890. The summed E-state index contributed by atoms with van der Waals surface area (Å²) in [5.74, 6) is -0.940. The minimum Gasteiger partial charge on any atom is -0.351 e. The highest BCUT2D eigenvalue weighted by atomic mass is 79.9. The molecule has 0 radical (unpaired) electrons. The van der Waals surface area contributed by atoms with Crippen LogP contribution < -0.4 is 5.32 Å². The number of amides is 1. The van der Waals surface area contributed by atoms with Crippen molar-refractivity contribution in [3.63, 3.8) is 0 Å². The Hall–Kier alpha value is -0.950. The average molecular weight is 338 g/mol. The van der Waals surface area contributed by atoms with Gasteiger partial charge in [-0.3, -0.25) is 4.79 Å². The molecular weight excluding hydrogens is 325 g/mol. The SMILES string of the molecule is CCS(=O)(=O)CCNC(=O)c1ccc(F)c(Br)c1. The highest BCUT2D eigenvalue weighted by Gasteiger charge is 2.11. The predicted molar refractivity (Wildman–Crippen MR) is 70.8 cm³/mol. The number of hydrogen-bond acceptors (Lipinski definition) is 3. The largest absolute Gasteiger partial charge is 0.351 e. The van der Waals surface area contributed by atoms with E-state index >= 15 is 0 Å². The normalized spacial score (nSPS) is 11.3. The molecule has 0 aliphatic carbocycles. The third-order valence-corrected chi connectivity index (χ3v) is 4.63. The van der Waals surface area contributed by atoms with E-state index in [0.29, 0.717) is 0 Å². The molecule has 0 heterocycles. The van der Waals surface area contributed by atoms with E-state index in [-0.39, 0.29) is 28.1 Å². The number of nitrogens with one attached hydrogen (secondary N) is 1. The Balaban J connectivity index is 2.58. The molecule has 0 fully saturated rings. The Bertz CT molecular complexity index is 545. The smallest absolute Gasteiger partial charge is 0.251 e. The van der Waals surface area contributed by atoms with Crippen LogP contribution in [0.25, 0.3) is 0 Å². The van der Waals surface area contributed by atoms with Gasteiger partial charge in [0.2, 0.25) is 0 Å². The molecule has 0 spiro atoms. The molecule has 0 saturated carbocycles. The average Bonchev–Trinajstić information content (AvgIpc) is 2.32. The lowest BCUT2D eigenvalue weighted by atomic mass is 10.2. The molecule has 0 aliphatic rings. The van der Waals surface area contributed by atoms with Crippen LogP contribution >= 0.6 is 15.9 Å². The van der Waals surface area contributed by atoms with Crippen molar-refractivity contribution in [1.82, 2.24) is 5.32 Å². The fraction of sp³-hybridized carbons (Fsp3) is 0.364. The summed E-state index contributed by atoms with van der Waals surface area (Å²) in [6, 6.07) is 3.85. The van der Waals surface area contributed by atoms with Gasteiger partial charge in [0.05, 0.1) is 10.2 Å². The van der Waals surface area contributed by atoms with Gasteiger partial charge in [-0.2, -0.15) is 0 Å². The van der Waals surface area contributed by atoms with Gasteiger partial charge < -0.3 is 5.32 Å². The van der Waals surface area contributed by atoms with Crippen LogP contribution in [-0.4, -0.2) is 32.4 Å². The molecule has 1 aromatic rings. The minimum atomic E-state index is -3.10. The van der Waals surface area contributed by atoms with Crippen molar-refractivity contribution in [2.24, 2.45) is 0 Å². The highest BCUT2D eigenvalue weighted by molar-refractivity contribution is 9.10. The number of benzene rings is 1. The van der Waals surface area contributed by atoms with Gasteiger partial charge in [0.15, 0.2) is 9.84 Å². The first-order chi connectivity index (χ1) is 8.35. The van der Waals surface area contributed by atoms with Crippen LogP contribution in [-0.2, 0) is 9.84 Å². The summed E-state index contributed by atoms with van der Waals surface area (Å²) in [7, 11) is -3.10. The van der Waals surface area contributed by atoms with Crippen molar-refractivity contribution in [3.8, 4) is 0 Å². The number of rotatable bonds is 5. The summed E-state index contributed by atoms with van der Waals surface area (Å²) >= 11 is 2.97. The van der Waals surface area contributed by atoms with Gasteiger partial charge in [0.25, 0.3) is 5.91 Å². The van der Waals surface area contributed by atoms with E-state index in [0.717, 1.165) is 0 Å². The van der Waals surface area contributed by atoms with Crippen molar-refractivity contribution in [1.29, 1.82) is 0 Å². The summed E-state index contributed by atoms with van der Waals surface area (Å²) in [4.78, 5) is 11.6. The predicted octanol–water partition coefficient (Wildman–Crippen LogP) is 1.75. The van der Waals surface area contributed by atoms with Gasteiger partial charge in [0, 0.05) is 17.9 Å². The highest BCUT2D eigenvalue weighted by Crippen LogP contribution is 2.16. The fourth-order valence-corrected chi connectivity index (χ4v) is 2.28. The van der Waals surface area contributed by atoms with Crippen LogP contribution in [0.4, 0.5) is 4.39 Å². The number of halogens is 2. The monoisotopic (exact) mass is 337 g/mol. The lowest BCUT2D eigenvalue weighted by Gasteiger charge is -2.06. The lowest BCUT2D eigenvalue weighted by Crippen LogP contribution is -2.29. The Morgan fingerprint density at radius 1 is 1.44 bits per heavy atom. The molecule has 0 atom stereocenters. The van der Waals surface area contributed by atoms with E-state index in [4.69, 9.17) is 0 Å². The molecule has 4 nitrogen and oxygen atoms in total. The van der Waals surface area contributed by atoms with Crippen molar-refractivity contribution in [2.45, 2.75) is 6.92 Å². The molecule has 7 heteroatoms. The van der Waals surface area contributed by atoms with E-state index in [9.17, 15) is 17.6 Å². The zero-order valence-corrected chi connectivity index (χ0v) is 12.1. The summed E-state index contributed by atoms with van der Waals surface area (Å²) in [5, 5.41) is 2.47. The summed E-state index contributed by atoms with van der Waals surface area (Å²) in [5.41, 5.74) is 0.275. The standard InChI is InChI=1S/C11H13BrFNO3S/c1-2-18(16,17)6-5-14-11(15)8-3-4-10(13)9(12)7-8/h3-4,7H,2,5-6H2,1H3,(H,14,15). The van der Waals surface area contributed by atoms with Gasteiger partial charge in [-0.15, -0.1) is 0 Å². The maximum atomic E-state index is 13.0. The van der Waals surface area contributed by atoms with Crippen LogP contribution in [0.3, 0.4) is 0 Å². The Kier molecular flexibility index (Phi) is 5.28. The number of hydrogen-bond donors (Lipinski definition) is 1. The Morgan fingerprint density at radius 2 is 2.11 bits per heavy atom. The van der Waals surface area contributed by atoms with E-state index in [1.165, 1.54) is 18.2 Å². The van der Waals surface area contributed by atoms with Crippen LogP contribution in [0.15, 0.2) is 22.7 Å². The zero-order chi connectivity index (χ0) is 13.8. The molecular formula is C11H13BrFNO3S. The van der Waals surface area contributed by atoms with Gasteiger partial charge in [-0.1, -0.05) is 6.92 Å². The molecule has 0 aliphatic heterocycles. The second-order valence-electron chi connectivity index (χ2n) is 3.62. The van der Waals surface area contributed by atoms with E-state index < -0.39 is 21.6 Å². The molecule has 18 heavy (non-hydrogen) atoms. The number of carbonyl (C=O) groups is 1. The molecule has 0 unspecified atom stereocenters. The van der Waals surface area contributed by atoms with Crippen molar-refractivity contribution < 1.29 is 17.6 Å². The maximum Gasteiger partial charge on any atom is 0.251 e. The van der Waals surface area contributed by atoms with Crippen molar-refractivity contribution >= 4 is 31.7 Å². The second kappa shape index (κ2) is 6.29. The maximum absolute atomic E-state index is 13.0. The first kappa shape index (κ1) is 15.1. The van der Waals surface area contributed by atoms with Crippen LogP contribution in [0.1, 0.15) is 17.3 Å². The summed E-state index contributed by atoms with van der Waals surface area (Å²) in [6.45, 7) is 1.60. The summed E-state index contributed by atoms with van der Waals surface area (Å²) in [6.07, 6.45) is 0. The zero-order valence-electron chi connectivity index (χ0n) is 9.74. The lowest BCUT2D eigenvalue weighted by molar-refractivity contribution is 0.0956. The first-order valence-corrected chi connectivity index (χ1v) is 7.91. The van der Waals surface area contributed by atoms with Crippen molar-refractivity contribution in [2.75, 3.05) is 18.1 Å². The third kappa shape index (κ3) is 4.38. The number of sulfone groups is 1. The molecule has 0 bridgehead atoms. The molecule has 100 valence electrons. The fourth-order valence-electron chi connectivity index (χ4n) is 1.20. The molecule has 0 aromatic heterocycles. The molecule has 1 amide bonds. The minimum absolute atomic E-state index is 0.0456. The molecule has 1 N–H and O–H groups in total. The number of carbonyl (C=O) groups excluding carboxylic acids is 1. The van der Waals surface area contributed by atoms with E-state index in [1.807, 2.05) is 0 Å². The van der Waals surface area contributed by atoms with Gasteiger partial charge >= 0.3 is 0 Å². The first-order valence-electron chi connectivity index (χ1n) is 5.29. The van der Waals surface area contributed by atoms with Gasteiger partial charge in [-0.25, -0.2) is 12.8 Å². The third-order valence-electron chi connectivity index (χ3n) is 2.32. The van der Waals surface area contributed by atoms with Crippen molar-refractivity contribution in [3.05, 3.63) is 34.1 Å².